The second-order valence-electron chi connectivity index (χ2n) is 6.47. The molecule has 1 N–H and O–H groups in total. The molecule has 118 valence electrons. The second-order valence-corrected chi connectivity index (χ2v) is 6.47. The molecule has 3 aromatic carbocycles. The Morgan fingerprint density at radius 1 is 0.917 bits per heavy atom. The highest BCUT2D eigenvalue weighted by Gasteiger charge is 2.14. The maximum absolute atomic E-state index is 12.4. The van der Waals surface area contributed by atoms with Crippen LogP contribution in [-0.4, -0.2) is 5.78 Å². The first-order valence-electron chi connectivity index (χ1n) is 8.23. The van der Waals surface area contributed by atoms with Gasteiger partial charge in [0.25, 0.3) is 0 Å². The number of ketones is 1. The van der Waals surface area contributed by atoms with Crippen LogP contribution in [0.3, 0.4) is 0 Å². The monoisotopic (exact) mass is 313 g/mol. The van der Waals surface area contributed by atoms with Crippen molar-refractivity contribution in [3.8, 4) is 0 Å². The first-order chi connectivity index (χ1) is 11.7. The Morgan fingerprint density at radius 3 is 2.46 bits per heavy atom. The first-order valence-corrected chi connectivity index (χ1v) is 8.23. The van der Waals surface area contributed by atoms with Gasteiger partial charge in [-0.1, -0.05) is 61.2 Å². The molecule has 0 saturated heterocycles. The van der Waals surface area contributed by atoms with Gasteiger partial charge in [0.1, 0.15) is 5.78 Å². The number of nitrogens with one attached hydrogen (secondary N) is 1. The minimum Gasteiger partial charge on any atom is -0.359 e. The topological polar surface area (TPSA) is 29.1 Å². The minimum atomic E-state index is 0.245. The molecule has 0 fully saturated rings. The van der Waals surface area contributed by atoms with Crippen LogP contribution in [0.1, 0.15) is 16.7 Å². The van der Waals surface area contributed by atoms with E-state index in [4.69, 9.17) is 0 Å². The second kappa shape index (κ2) is 5.97. The smallest absolute Gasteiger partial charge is 0.141 e. The standard InChI is InChI=1S/C22H19NO/c1-15-10-20-12-17(7-9-22(20)23-15)14-21(24)13-16-6-8-18-4-2-3-5-19(18)11-16/h2-9,11-12,23H,1,10,13-14H2. The van der Waals surface area contributed by atoms with Crippen LogP contribution in [0.4, 0.5) is 5.69 Å². The van der Waals surface area contributed by atoms with E-state index in [1.54, 1.807) is 0 Å². The third-order valence-electron chi connectivity index (χ3n) is 4.50. The van der Waals surface area contributed by atoms with E-state index in [2.05, 4.69) is 48.3 Å². The molecule has 0 aromatic heterocycles. The minimum absolute atomic E-state index is 0.245. The Balaban J connectivity index is 1.48. The Hall–Kier alpha value is -2.87. The fourth-order valence-electron chi connectivity index (χ4n) is 3.36. The molecule has 1 aliphatic rings. The van der Waals surface area contributed by atoms with E-state index >= 15 is 0 Å². The Labute approximate surface area is 141 Å². The van der Waals surface area contributed by atoms with Gasteiger partial charge in [-0.25, -0.2) is 0 Å². The molecule has 0 amide bonds. The van der Waals surface area contributed by atoms with Gasteiger partial charge in [-0.15, -0.1) is 0 Å². The molecule has 2 heteroatoms. The summed E-state index contributed by atoms with van der Waals surface area (Å²) in [4.78, 5) is 12.4. The van der Waals surface area contributed by atoms with E-state index in [0.717, 1.165) is 28.9 Å². The number of Topliss-reactive ketones (excluding diaryl/α,β-unsaturated/α-hetero) is 1. The van der Waals surface area contributed by atoms with Gasteiger partial charge >= 0.3 is 0 Å². The first kappa shape index (κ1) is 14.7. The van der Waals surface area contributed by atoms with Gasteiger partial charge in [0, 0.05) is 30.6 Å². The molecular weight excluding hydrogens is 294 g/mol. The fourth-order valence-corrected chi connectivity index (χ4v) is 3.36. The number of benzene rings is 3. The van der Waals surface area contributed by atoms with E-state index < -0.39 is 0 Å². The predicted molar refractivity (Wildman–Crippen MR) is 99.3 cm³/mol. The van der Waals surface area contributed by atoms with Crippen LogP contribution in [0.5, 0.6) is 0 Å². The lowest BCUT2D eigenvalue weighted by atomic mass is 9.99. The molecule has 0 aliphatic carbocycles. The van der Waals surface area contributed by atoms with Crippen molar-refractivity contribution in [1.82, 2.24) is 0 Å². The molecule has 0 spiro atoms. The maximum Gasteiger partial charge on any atom is 0.141 e. The zero-order chi connectivity index (χ0) is 16.5. The van der Waals surface area contributed by atoms with Crippen molar-refractivity contribution in [3.05, 3.63) is 89.6 Å². The highest BCUT2D eigenvalue weighted by atomic mass is 16.1. The summed E-state index contributed by atoms with van der Waals surface area (Å²) < 4.78 is 0. The van der Waals surface area contributed by atoms with Crippen molar-refractivity contribution >= 4 is 22.2 Å². The summed E-state index contributed by atoms with van der Waals surface area (Å²) in [5.74, 6) is 0.245. The quantitative estimate of drug-likeness (QED) is 0.758. The molecule has 24 heavy (non-hydrogen) atoms. The SMILES string of the molecule is C=C1Cc2cc(CC(=O)Cc3ccc4ccccc4c3)ccc2N1. The Kier molecular flexibility index (Phi) is 3.66. The molecule has 2 nitrogen and oxygen atoms in total. The van der Waals surface area contributed by atoms with Crippen molar-refractivity contribution in [2.75, 3.05) is 5.32 Å². The number of carbonyl (C=O) groups is 1. The van der Waals surface area contributed by atoms with E-state index in [1.807, 2.05) is 24.3 Å². The normalized spacial score (nSPS) is 12.9. The van der Waals surface area contributed by atoms with Crippen LogP contribution in [0, 0.1) is 0 Å². The van der Waals surface area contributed by atoms with Crippen LogP contribution >= 0.6 is 0 Å². The summed E-state index contributed by atoms with van der Waals surface area (Å²) in [6.45, 7) is 3.96. The molecule has 0 saturated carbocycles. The highest BCUT2D eigenvalue weighted by molar-refractivity contribution is 5.87. The number of carbonyl (C=O) groups excluding carboxylic acids is 1. The van der Waals surface area contributed by atoms with Crippen LogP contribution < -0.4 is 5.32 Å². The molecule has 4 rings (SSSR count). The summed E-state index contributed by atoms with van der Waals surface area (Å²) in [5.41, 5.74) is 5.53. The lowest BCUT2D eigenvalue weighted by molar-refractivity contribution is -0.117. The molecular formula is C22H19NO. The van der Waals surface area contributed by atoms with Crippen LogP contribution in [0.25, 0.3) is 10.8 Å². The van der Waals surface area contributed by atoms with Gasteiger partial charge in [0.2, 0.25) is 0 Å². The number of hydrogen-bond donors (Lipinski definition) is 1. The number of anilines is 1. The fraction of sp³-hybridized carbons (Fsp3) is 0.136. The van der Waals surface area contributed by atoms with Crippen molar-refractivity contribution in [1.29, 1.82) is 0 Å². The molecule has 0 radical (unpaired) electrons. The summed E-state index contributed by atoms with van der Waals surface area (Å²) >= 11 is 0. The average molecular weight is 313 g/mol. The van der Waals surface area contributed by atoms with E-state index in [-0.39, 0.29) is 5.78 Å². The number of allylic oxidation sites excluding steroid dienone is 1. The van der Waals surface area contributed by atoms with Crippen LogP contribution in [0.15, 0.2) is 72.9 Å². The molecule has 0 atom stereocenters. The van der Waals surface area contributed by atoms with E-state index in [1.165, 1.54) is 16.3 Å². The van der Waals surface area contributed by atoms with Gasteiger partial charge < -0.3 is 5.32 Å². The zero-order valence-corrected chi connectivity index (χ0v) is 13.5. The van der Waals surface area contributed by atoms with Crippen molar-refractivity contribution in [2.24, 2.45) is 0 Å². The third kappa shape index (κ3) is 2.95. The third-order valence-corrected chi connectivity index (χ3v) is 4.50. The summed E-state index contributed by atoms with van der Waals surface area (Å²) in [6.07, 6.45) is 1.81. The summed E-state index contributed by atoms with van der Waals surface area (Å²) in [6, 6.07) is 20.7. The van der Waals surface area contributed by atoms with Crippen molar-refractivity contribution in [2.45, 2.75) is 19.3 Å². The van der Waals surface area contributed by atoms with Gasteiger partial charge in [-0.2, -0.15) is 0 Å². The summed E-state index contributed by atoms with van der Waals surface area (Å²) in [7, 11) is 0. The van der Waals surface area contributed by atoms with E-state index in [0.29, 0.717) is 12.8 Å². The Morgan fingerprint density at radius 2 is 1.62 bits per heavy atom. The molecule has 0 bridgehead atoms. The largest absolute Gasteiger partial charge is 0.359 e. The van der Waals surface area contributed by atoms with Crippen molar-refractivity contribution in [3.63, 3.8) is 0 Å². The molecule has 3 aromatic rings. The average Bonchev–Trinajstić information content (AvgIpc) is 2.94. The molecule has 1 aliphatic heterocycles. The van der Waals surface area contributed by atoms with Crippen LogP contribution in [-0.2, 0) is 24.1 Å². The number of rotatable bonds is 4. The Bertz CT molecular complexity index is 955. The number of hydrogen-bond acceptors (Lipinski definition) is 2. The lowest BCUT2D eigenvalue weighted by Crippen LogP contribution is -2.06. The lowest BCUT2D eigenvalue weighted by Gasteiger charge is -2.06. The van der Waals surface area contributed by atoms with Gasteiger partial charge in [-0.05, 0) is 33.5 Å². The zero-order valence-electron chi connectivity index (χ0n) is 13.5. The number of fused-ring (bicyclic) bond motifs is 2. The maximum atomic E-state index is 12.4. The van der Waals surface area contributed by atoms with Gasteiger partial charge in [-0.3, -0.25) is 4.79 Å². The summed E-state index contributed by atoms with van der Waals surface area (Å²) in [5, 5.41) is 5.65. The van der Waals surface area contributed by atoms with Crippen molar-refractivity contribution < 1.29 is 4.79 Å². The van der Waals surface area contributed by atoms with Crippen LogP contribution in [0.2, 0.25) is 0 Å². The van der Waals surface area contributed by atoms with Gasteiger partial charge in [0.05, 0.1) is 0 Å². The molecule has 0 unspecified atom stereocenters. The molecule has 1 heterocycles. The predicted octanol–water partition coefficient (Wildman–Crippen LogP) is 4.68. The highest BCUT2D eigenvalue weighted by Crippen LogP contribution is 2.28. The van der Waals surface area contributed by atoms with E-state index in [9.17, 15) is 4.79 Å². The van der Waals surface area contributed by atoms with Gasteiger partial charge in [0.15, 0.2) is 0 Å².